The predicted octanol–water partition coefficient (Wildman–Crippen LogP) is 11.7. The molecule has 6 aromatic carbocycles. The lowest BCUT2D eigenvalue weighted by Gasteiger charge is -2.43. The minimum atomic E-state index is -3.53. The van der Waals surface area contributed by atoms with Crippen molar-refractivity contribution in [2.75, 3.05) is 78.7 Å². The summed E-state index contributed by atoms with van der Waals surface area (Å²) in [6.07, 6.45) is 11.1. The summed E-state index contributed by atoms with van der Waals surface area (Å²) in [6.45, 7) is 18.1. The Balaban J connectivity index is 0.000000218. The fraction of sp³-hybridized carbons (Fsp3) is 0.373. The Morgan fingerprint density at radius 1 is 0.431 bits per heavy atom. The fourth-order valence-corrected chi connectivity index (χ4v) is 12.8. The zero-order valence-electron chi connectivity index (χ0n) is 58.6. The van der Waals surface area contributed by atoms with Crippen LogP contribution in [0.15, 0.2) is 192 Å². The number of aliphatic hydroxyl groups is 1. The van der Waals surface area contributed by atoms with Gasteiger partial charge >= 0.3 is 0 Å². The van der Waals surface area contributed by atoms with Crippen LogP contribution >= 0.6 is 21.4 Å². The second kappa shape index (κ2) is 49.3. The number of hydrogen-bond acceptors (Lipinski definition) is 15. The minimum absolute atomic E-state index is 0.00713. The fourth-order valence-electron chi connectivity index (χ4n) is 11.2. The zero-order chi connectivity index (χ0) is 73.3. The summed E-state index contributed by atoms with van der Waals surface area (Å²) < 4.78 is 54.5. The summed E-state index contributed by atoms with van der Waals surface area (Å²) >= 11 is 0. The Morgan fingerprint density at radius 3 is 1.06 bits per heavy atom. The van der Waals surface area contributed by atoms with E-state index >= 15 is 0 Å². The summed E-state index contributed by atoms with van der Waals surface area (Å²) in [5, 5.41) is 11.3. The molecule has 0 aromatic heterocycles. The first-order valence-corrected chi connectivity index (χ1v) is 38.9. The summed E-state index contributed by atoms with van der Waals surface area (Å²) in [5.41, 5.74) is 10.3. The molecule has 4 N–H and O–H groups in total. The van der Waals surface area contributed by atoms with Gasteiger partial charge in [0.05, 0.1) is 29.6 Å². The predicted molar refractivity (Wildman–Crippen MR) is 409 cm³/mol. The molecular formula is C83H94Cl2N6O9S2. The minimum Gasteiger partial charge on any atom is -0.395 e. The van der Waals surface area contributed by atoms with E-state index < -0.39 is 18.1 Å². The molecule has 5 aliphatic heterocycles. The number of benzene rings is 6. The van der Waals surface area contributed by atoms with Gasteiger partial charge < -0.3 is 20.3 Å². The number of nitrogens with zero attached hydrogens (tertiary/aromatic N) is 4. The number of nitrogens with two attached hydrogens (primary N) is 1. The number of likely N-dealkylation sites (tertiary alicyclic amines) is 3. The lowest BCUT2D eigenvalue weighted by molar-refractivity contribution is -0.123. The number of carbonyl (C=O) groups is 2. The van der Waals surface area contributed by atoms with Gasteiger partial charge in [-0.1, -0.05) is 176 Å². The molecular weight excluding hydrogens is 1360 g/mol. The molecule has 6 aromatic rings. The number of ketones is 2. The third kappa shape index (κ3) is 35.5. The zero-order valence-corrected chi connectivity index (χ0v) is 61.7. The van der Waals surface area contributed by atoms with E-state index in [9.17, 15) is 26.4 Å². The molecule has 6 aliphatic rings. The molecule has 536 valence electrons. The van der Waals surface area contributed by atoms with E-state index in [1.54, 1.807) is 50.2 Å². The first-order valence-electron chi connectivity index (χ1n) is 34.3. The standard InChI is InChI=1S/C21H26N2O.C16H6.C14H20N2O.C12H15NO.2C6H5ClO2S.C6H10O.C2H7NO/c1-3-7-19(8-4-1)17-22-13-11-21(12-14-22)23(15-16-24-21)18-20-9-5-2-6-10-20;1-3-5-7-9-11-13-15-16-14-12-10-8-6-4-2;1-2-4-13(5-3-1)12-16-9-6-14(7-10-16)15-8-11-17-14;14-12-6-8-13(9-7-12)10-11-4-2-1-3-5-11;2*7-10(8,9)6-4-2-1-3-5-6;7-6-4-2-1-3-5-6;3-1-2-4/h1-10H,11-18H2;1-2H3;1-5,15H,6-12H2;1-5H,6-10H2;2*1-5H;1-5H2;4H,1-3H2. The average Bonchev–Trinajstić information content (AvgIpc) is 1.61. The first kappa shape index (κ1) is 84.4. The lowest BCUT2D eigenvalue weighted by atomic mass is 9.97. The largest absolute Gasteiger partial charge is 0.395 e. The Hall–Kier alpha value is -8.30. The Bertz CT molecular complexity index is 3990. The van der Waals surface area contributed by atoms with Crippen LogP contribution in [0.1, 0.15) is 107 Å². The van der Waals surface area contributed by atoms with E-state index in [1.807, 2.05) is 6.07 Å². The van der Waals surface area contributed by atoms with Gasteiger partial charge in [0.1, 0.15) is 23.0 Å². The van der Waals surface area contributed by atoms with E-state index in [4.69, 9.17) is 41.7 Å². The number of hydrogen-bond donors (Lipinski definition) is 3. The van der Waals surface area contributed by atoms with E-state index in [0.29, 0.717) is 18.1 Å². The highest BCUT2D eigenvalue weighted by Gasteiger charge is 2.44. The highest BCUT2D eigenvalue weighted by Crippen LogP contribution is 2.36. The van der Waals surface area contributed by atoms with Crippen molar-refractivity contribution in [2.45, 2.75) is 132 Å². The normalized spacial score (nSPS) is 16.3. The lowest BCUT2D eigenvalue weighted by Crippen LogP contribution is -2.52. The first-order chi connectivity index (χ1) is 49.5. The molecule has 1 aliphatic carbocycles. The van der Waals surface area contributed by atoms with Crippen LogP contribution in [0.4, 0.5) is 0 Å². The molecule has 102 heavy (non-hydrogen) atoms. The third-order valence-electron chi connectivity index (χ3n) is 16.4. The van der Waals surface area contributed by atoms with Gasteiger partial charge in [-0.15, -0.1) is 0 Å². The molecule has 0 radical (unpaired) electrons. The highest BCUT2D eigenvalue weighted by molar-refractivity contribution is 8.14. The number of rotatable bonds is 11. The van der Waals surface area contributed by atoms with Crippen LogP contribution in [-0.4, -0.2) is 143 Å². The molecule has 0 atom stereocenters. The van der Waals surface area contributed by atoms with Gasteiger partial charge in [0, 0.05) is 158 Å². The number of Topliss-reactive ketones (excluding diaryl/α,β-unsaturated/α-hetero) is 2. The maximum absolute atomic E-state index is 11.0. The van der Waals surface area contributed by atoms with E-state index in [-0.39, 0.29) is 27.8 Å². The SMILES string of the molecule is CC#CC#CC#CC#CC#CC#CC#CC.NCCO.O=C1CCCCC1.O=C1CCN(Cc2ccccc2)CC1.O=S(=O)(Cl)c1ccccc1.O=S(=O)(Cl)c1ccccc1.c1ccc(CN2CCC3(CC2)NCCO3)cc1.c1ccc(CN2CCC3(CC2)OCCN3Cc2ccccc2)cc1. The van der Waals surface area contributed by atoms with Gasteiger partial charge in [-0.3, -0.25) is 34.5 Å². The van der Waals surface area contributed by atoms with Gasteiger partial charge in [-0.25, -0.2) is 16.8 Å². The van der Waals surface area contributed by atoms with Crippen molar-refractivity contribution in [2.24, 2.45) is 5.73 Å². The summed E-state index contributed by atoms with van der Waals surface area (Å²) in [4.78, 5) is 31.7. The number of halogens is 2. The number of piperidine rings is 3. The molecule has 6 fully saturated rings. The molecule has 0 bridgehead atoms. The molecule has 12 rings (SSSR count). The summed E-state index contributed by atoms with van der Waals surface area (Å²) in [6, 6.07) is 58.4. The quantitative estimate of drug-likeness (QED) is 0.0819. The Labute approximate surface area is 616 Å². The van der Waals surface area contributed by atoms with Gasteiger partial charge in [-0.05, 0) is 144 Å². The number of nitrogens with one attached hydrogen (secondary N) is 1. The van der Waals surface area contributed by atoms with Crippen LogP contribution in [0.25, 0.3) is 0 Å². The Kier molecular flexibility index (Phi) is 40.8. The topological polar surface area (TPSA) is 192 Å². The van der Waals surface area contributed by atoms with Crippen LogP contribution in [-0.2, 0) is 63.3 Å². The van der Waals surface area contributed by atoms with Gasteiger partial charge in [0.25, 0.3) is 18.1 Å². The Morgan fingerprint density at radius 2 is 0.755 bits per heavy atom. The molecule has 2 spiro atoms. The van der Waals surface area contributed by atoms with Crippen LogP contribution in [0.5, 0.6) is 0 Å². The smallest absolute Gasteiger partial charge is 0.261 e. The average molecular weight is 1450 g/mol. The van der Waals surface area contributed by atoms with Crippen molar-refractivity contribution in [1.82, 2.24) is 24.9 Å². The molecule has 5 saturated heterocycles. The molecule has 15 nitrogen and oxygen atoms in total. The number of carbonyl (C=O) groups excluding carboxylic acids is 2. The molecule has 0 amide bonds. The number of aliphatic hydroxyl groups excluding tert-OH is 1. The van der Waals surface area contributed by atoms with Crippen molar-refractivity contribution in [3.63, 3.8) is 0 Å². The van der Waals surface area contributed by atoms with Crippen LogP contribution in [0.2, 0.25) is 0 Å². The van der Waals surface area contributed by atoms with E-state index in [2.05, 4.69) is 223 Å². The second-order valence-corrected chi connectivity index (χ2v) is 29.0. The maximum Gasteiger partial charge on any atom is 0.261 e. The highest BCUT2D eigenvalue weighted by atomic mass is 35.7. The van der Waals surface area contributed by atoms with Crippen molar-refractivity contribution < 1.29 is 41.0 Å². The van der Waals surface area contributed by atoms with E-state index in [1.165, 1.54) is 52.9 Å². The van der Waals surface area contributed by atoms with Crippen LogP contribution in [0.3, 0.4) is 0 Å². The van der Waals surface area contributed by atoms with Crippen molar-refractivity contribution >= 4 is 51.0 Å². The monoisotopic (exact) mass is 1450 g/mol. The van der Waals surface area contributed by atoms with Gasteiger partial charge in [-0.2, -0.15) is 0 Å². The molecule has 19 heteroatoms. The van der Waals surface area contributed by atoms with Crippen LogP contribution < -0.4 is 11.1 Å². The summed E-state index contributed by atoms with van der Waals surface area (Å²) in [5.74, 6) is 36.5. The van der Waals surface area contributed by atoms with E-state index in [0.717, 1.165) is 156 Å². The third-order valence-corrected chi connectivity index (χ3v) is 19.2. The van der Waals surface area contributed by atoms with Crippen molar-refractivity contribution in [3.8, 4) is 82.9 Å². The van der Waals surface area contributed by atoms with Crippen molar-refractivity contribution in [1.29, 1.82) is 0 Å². The van der Waals surface area contributed by atoms with Crippen molar-refractivity contribution in [3.05, 3.63) is 204 Å². The molecule has 0 unspecified atom stereocenters. The van der Waals surface area contributed by atoms with Gasteiger partial charge in [0.15, 0.2) is 0 Å². The second-order valence-electron chi connectivity index (χ2n) is 23.9. The number of ether oxygens (including phenoxy) is 2. The molecule has 5 heterocycles. The van der Waals surface area contributed by atoms with Crippen LogP contribution in [0, 0.1) is 82.9 Å². The van der Waals surface area contributed by atoms with Gasteiger partial charge in [0.2, 0.25) is 0 Å². The summed E-state index contributed by atoms with van der Waals surface area (Å²) in [7, 11) is 3.00. The maximum atomic E-state index is 11.0. The molecule has 1 saturated carbocycles.